The Morgan fingerprint density at radius 3 is 2.64 bits per heavy atom. The molecule has 1 atom stereocenters. The number of rotatable bonds is 9. The van der Waals surface area contributed by atoms with E-state index in [0.29, 0.717) is 19.4 Å². The SMILES string of the molecule is CCOc1cccc(Oc2ccccc2CCC(=O)N2CCNCC2Cc2ccccc2)c1. The van der Waals surface area contributed by atoms with Crippen LogP contribution in [0.3, 0.4) is 0 Å². The molecule has 3 aromatic carbocycles. The highest BCUT2D eigenvalue weighted by atomic mass is 16.5. The number of para-hydroxylation sites is 1. The lowest BCUT2D eigenvalue weighted by atomic mass is 10.0. The number of hydrogen-bond acceptors (Lipinski definition) is 4. The maximum Gasteiger partial charge on any atom is 0.223 e. The predicted molar refractivity (Wildman–Crippen MR) is 131 cm³/mol. The first-order valence-electron chi connectivity index (χ1n) is 11.8. The van der Waals surface area contributed by atoms with Crippen LogP contribution in [0, 0.1) is 0 Å². The number of nitrogens with zero attached hydrogens (tertiary/aromatic N) is 1. The monoisotopic (exact) mass is 444 g/mol. The molecule has 1 saturated heterocycles. The lowest BCUT2D eigenvalue weighted by Crippen LogP contribution is -2.54. The van der Waals surface area contributed by atoms with Crippen molar-refractivity contribution in [3.05, 3.63) is 90.0 Å². The zero-order valence-electron chi connectivity index (χ0n) is 19.2. The molecule has 1 N–H and O–H groups in total. The average Bonchev–Trinajstić information content (AvgIpc) is 2.85. The van der Waals surface area contributed by atoms with E-state index in [9.17, 15) is 4.79 Å². The Bertz CT molecular complexity index is 1040. The van der Waals surface area contributed by atoms with Crippen molar-refractivity contribution in [3.63, 3.8) is 0 Å². The zero-order valence-corrected chi connectivity index (χ0v) is 19.2. The topological polar surface area (TPSA) is 50.8 Å². The molecule has 1 aliphatic heterocycles. The van der Waals surface area contributed by atoms with Gasteiger partial charge in [-0.25, -0.2) is 0 Å². The third-order valence-corrected chi connectivity index (χ3v) is 5.91. The summed E-state index contributed by atoms with van der Waals surface area (Å²) in [6.45, 7) is 4.99. The number of ether oxygens (including phenoxy) is 2. The molecule has 5 nitrogen and oxygen atoms in total. The fourth-order valence-electron chi connectivity index (χ4n) is 4.27. The van der Waals surface area contributed by atoms with Crippen LogP contribution in [0.1, 0.15) is 24.5 Å². The fraction of sp³-hybridized carbons (Fsp3) is 0.321. The second-order valence-corrected chi connectivity index (χ2v) is 8.25. The van der Waals surface area contributed by atoms with E-state index < -0.39 is 0 Å². The van der Waals surface area contributed by atoms with E-state index in [1.54, 1.807) is 0 Å². The molecular formula is C28H32N2O3. The van der Waals surface area contributed by atoms with Crippen molar-refractivity contribution in [1.29, 1.82) is 0 Å². The minimum Gasteiger partial charge on any atom is -0.494 e. The van der Waals surface area contributed by atoms with Gasteiger partial charge in [-0.3, -0.25) is 4.79 Å². The standard InChI is InChI=1S/C28H32N2O3/c1-2-32-25-12-8-13-26(20-25)33-27-14-7-6-11-23(27)15-16-28(31)30-18-17-29-21-24(30)19-22-9-4-3-5-10-22/h3-14,20,24,29H,2,15-19,21H2,1H3. The molecule has 0 bridgehead atoms. The minimum absolute atomic E-state index is 0.182. The van der Waals surface area contributed by atoms with Crippen molar-refractivity contribution in [1.82, 2.24) is 10.2 Å². The summed E-state index contributed by atoms with van der Waals surface area (Å²) in [5.74, 6) is 2.49. The van der Waals surface area contributed by atoms with Crippen molar-refractivity contribution in [2.75, 3.05) is 26.2 Å². The molecule has 0 saturated carbocycles. The van der Waals surface area contributed by atoms with Gasteiger partial charge in [0.25, 0.3) is 0 Å². The summed E-state index contributed by atoms with van der Waals surface area (Å²) in [5.41, 5.74) is 2.29. The number of carbonyl (C=O) groups is 1. The number of benzene rings is 3. The predicted octanol–water partition coefficient (Wildman–Crippen LogP) is 4.85. The highest BCUT2D eigenvalue weighted by molar-refractivity contribution is 5.77. The zero-order chi connectivity index (χ0) is 22.9. The molecule has 3 aromatic rings. The summed E-state index contributed by atoms with van der Waals surface area (Å²) in [7, 11) is 0. The van der Waals surface area contributed by atoms with Crippen molar-refractivity contribution >= 4 is 5.91 Å². The molecule has 5 heteroatoms. The largest absolute Gasteiger partial charge is 0.494 e. The Kier molecular flexibility index (Phi) is 7.99. The van der Waals surface area contributed by atoms with Crippen LogP contribution in [0.4, 0.5) is 0 Å². The highest BCUT2D eigenvalue weighted by Crippen LogP contribution is 2.29. The lowest BCUT2D eigenvalue weighted by Gasteiger charge is -2.36. The summed E-state index contributed by atoms with van der Waals surface area (Å²) in [6.07, 6.45) is 1.97. The van der Waals surface area contributed by atoms with Gasteiger partial charge in [0.05, 0.1) is 6.61 Å². The van der Waals surface area contributed by atoms with Crippen molar-refractivity contribution in [3.8, 4) is 17.2 Å². The quantitative estimate of drug-likeness (QED) is 0.512. The van der Waals surface area contributed by atoms with E-state index >= 15 is 0 Å². The van der Waals surface area contributed by atoms with Gasteiger partial charge in [-0.05, 0) is 49.1 Å². The molecule has 0 aliphatic carbocycles. The maximum atomic E-state index is 13.2. The Labute approximate surface area is 196 Å². The van der Waals surface area contributed by atoms with Crippen molar-refractivity contribution in [2.24, 2.45) is 0 Å². The highest BCUT2D eigenvalue weighted by Gasteiger charge is 2.26. The van der Waals surface area contributed by atoms with Crippen LogP contribution < -0.4 is 14.8 Å². The maximum absolute atomic E-state index is 13.2. The molecule has 0 spiro atoms. The van der Waals surface area contributed by atoms with Gasteiger partial charge in [0, 0.05) is 38.2 Å². The van der Waals surface area contributed by atoms with Crippen LogP contribution in [0.2, 0.25) is 0 Å². The number of amides is 1. The molecule has 33 heavy (non-hydrogen) atoms. The van der Waals surface area contributed by atoms with Gasteiger partial charge < -0.3 is 19.7 Å². The summed E-state index contributed by atoms with van der Waals surface area (Å²) in [6, 6.07) is 26.2. The smallest absolute Gasteiger partial charge is 0.223 e. The van der Waals surface area contributed by atoms with Gasteiger partial charge >= 0.3 is 0 Å². The van der Waals surface area contributed by atoms with Crippen LogP contribution in [0.5, 0.6) is 17.2 Å². The number of carbonyl (C=O) groups excluding carboxylic acids is 1. The second-order valence-electron chi connectivity index (χ2n) is 8.25. The number of piperazine rings is 1. The van der Waals surface area contributed by atoms with Crippen LogP contribution in [-0.4, -0.2) is 43.1 Å². The normalized spacial score (nSPS) is 15.8. The van der Waals surface area contributed by atoms with E-state index in [1.165, 1.54) is 5.56 Å². The minimum atomic E-state index is 0.182. The number of nitrogens with one attached hydrogen (secondary N) is 1. The summed E-state index contributed by atoms with van der Waals surface area (Å²) < 4.78 is 11.7. The van der Waals surface area contributed by atoms with Gasteiger partial charge in [-0.2, -0.15) is 0 Å². The Balaban J connectivity index is 1.40. The first-order valence-corrected chi connectivity index (χ1v) is 11.8. The molecule has 1 fully saturated rings. The third-order valence-electron chi connectivity index (χ3n) is 5.91. The van der Waals surface area contributed by atoms with E-state index in [2.05, 4.69) is 34.5 Å². The number of aryl methyl sites for hydroxylation is 1. The van der Waals surface area contributed by atoms with Crippen LogP contribution >= 0.6 is 0 Å². The molecule has 1 heterocycles. The van der Waals surface area contributed by atoms with Gasteiger partial charge in [-0.15, -0.1) is 0 Å². The van der Waals surface area contributed by atoms with Gasteiger partial charge in [0.2, 0.25) is 5.91 Å². The molecule has 1 unspecified atom stereocenters. The van der Waals surface area contributed by atoms with Crippen molar-refractivity contribution < 1.29 is 14.3 Å². The summed E-state index contributed by atoms with van der Waals surface area (Å²) >= 11 is 0. The first kappa shape index (κ1) is 22.9. The molecule has 0 aromatic heterocycles. The first-order chi connectivity index (χ1) is 16.2. The van der Waals surface area contributed by atoms with E-state index in [-0.39, 0.29) is 11.9 Å². The summed E-state index contributed by atoms with van der Waals surface area (Å²) in [5, 5.41) is 3.44. The Morgan fingerprint density at radius 2 is 1.79 bits per heavy atom. The van der Waals surface area contributed by atoms with E-state index in [4.69, 9.17) is 9.47 Å². The van der Waals surface area contributed by atoms with Gasteiger partial charge in [0.1, 0.15) is 17.2 Å². The Morgan fingerprint density at radius 1 is 1.00 bits per heavy atom. The lowest BCUT2D eigenvalue weighted by molar-refractivity contribution is -0.134. The average molecular weight is 445 g/mol. The van der Waals surface area contributed by atoms with Gasteiger partial charge in [-0.1, -0.05) is 54.6 Å². The second kappa shape index (κ2) is 11.5. The summed E-state index contributed by atoms with van der Waals surface area (Å²) in [4.78, 5) is 15.3. The molecular weight excluding hydrogens is 412 g/mol. The molecule has 1 aliphatic rings. The number of hydrogen-bond donors (Lipinski definition) is 1. The van der Waals surface area contributed by atoms with E-state index in [0.717, 1.165) is 48.9 Å². The third kappa shape index (κ3) is 6.36. The van der Waals surface area contributed by atoms with Gasteiger partial charge in [0.15, 0.2) is 0 Å². The molecule has 0 radical (unpaired) electrons. The molecule has 4 rings (SSSR count). The molecule has 172 valence electrons. The van der Waals surface area contributed by atoms with Crippen LogP contribution in [-0.2, 0) is 17.6 Å². The van der Waals surface area contributed by atoms with Crippen LogP contribution in [0.15, 0.2) is 78.9 Å². The fourth-order valence-corrected chi connectivity index (χ4v) is 4.27. The van der Waals surface area contributed by atoms with Crippen molar-refractivity contribution in [2.45, 2.75) is 32.2 Å². The van der Waals surface area contributed by atoms with E-state index in [1.807, 2.05) is 61.5 Å². The molecule has 1 amide bonds. The van der Waals surface area contributed by atoms with Crippen LogP contribution in [0.25, 0.3) is 0 Å². The Hall–Kier alpha value is -3.31.